The van der Waals surface area contributed by atoms with Crippen LogP contribution in [0.3, 0.4) is 0 Å². The van der Waals surface area contributed by atoms with Crippen molar-refractivity contribution in [3.05, 3.63) is 16.0 Å². The molecule has 0 saturated heterocycles. The topological polar surface area (TPSA) is 92.5 Å². The molecule has 0 aliphatic heterocycles. The number of carbonyl (C=O) groups excluding carboxylic acids is 3. The van der Waals surface area contributed by atoms with Gasteiger partial charge in [0.1, 0.15) is 11.5 Å². The summed E-state index contributed by atoms with van der Waals surface area (Å²) in [6.45, 7) is 1.87. The highest BCUT2D eigenvalue weighted by Crippen LogP contribution is 2.38. The van der Waals surface area contributed by atoms with Gasteiger partial charge in [-0.25, -0.2) is 0 Å². The van der Waals surface area contributed by atoms with E-state index in [1.165, 1.54) is 17.8 Å². The standard InChI is InChI=1S/C20H29N3O3S/c1-2-17(25)23(13-8-4-3-5-9-13)12-16(24)22-20-18(19(21)26)14-10-6-7-11-15(14)27-20/h13H,2-12H2,1H3,(H2,21,26)(H,22,24). The second-order valence-electron chi connectivity index (χ2n) is 7.49. The molecule has 148 valence electrons. The van der Waals surface area contributed by atoms with Gasteiger partial charge in [0.05, 0.1) is 5.56 Å². The summed E-state index contributed by atoms with van der Waals surface area (Å²) in [5, 5.41) is 3.43. The van der Waals surface area contributed by atoms with Crippen LogP contribution in [-0.2, 0) is 22.4 Å². The number of nitrogens with two attached hydrogens (primary N) is 1. The molecule has 1 saturated carbocycles. The Labute approximate surface area is 164 Å². The Morgan fingerprint density at radius 3 is 2.48 bits per heavy atom. The molecule has 2 aliphatic carbocycles. The van der Waals surface area contributed by atoms with E-state index in [0.717, 1.165) is 61.8 Å². The maximum atomic E-state index is 12.7. The lowest BCUT2D eigenvalue weighted by atomic mass is 9.94. The molecule has 0 aromatic carbocycles. The van der Waals surface area contributed by atoms with Crippen LogP contribution in [0.5, 0.6) is 0 Å². The number of nitrogens with zero attached hydrogens (tertiary/aromatic N) is 1. The van der Waals surface area contributed by atoms with E-state index in [1.54, 1.807) is 4.90 Å². The molecule has 2 aliphatic rings. The number of carbonyl (C=O) groups is 3. The van der Waals surface area contributed by atoms with Crippen molar-refractivity contribution in [3.8, 4) is 0 Å². The first-order valence-corrected chi connectivity index (χ1v) is 10.9. The molecule has 3 rings (SSSR count). The monoisotopic (exact) mass is 391 g/mol. The van der Waals surface area contributed by atoms with Gasteiger partial charge < -0.3 is 16.0 Å². The summed E-state index contributed by atoms with van der Waals surface area (Å²) in [6, 6.07) is 0.143. The average molecular weight is 392 g/mol. The Morgan fingerprint density at radius 2 is 1.81 bits per heavy atom. The first-order valence-electron chi connectivity index (χ1n) is 10.0. The summed E-state index contributed by atoms with van der Waals surface area (Å²) in [5.74, 6) is -0.723. The van der Waals surface area contributed by atoms with Crippen molar-refractivity contribution in [1.82, 2.24) is 4.90 Å². The minimum Gasteiger partial charge on any atom is -0.365 e. The number of anilines is 1. The van der Waals surface area contributed by atoms with Gasteiger partial charge in [0, 0.05) is 17.3 Å². The molecule has 3 N–H and O–H groups in total. The minimum absolute atomic E-state index is 0.0117. The lowest BCUT2D eigenvalue weighted by Crippen LogP contribution is -2.45. The molecule has 6 nitrogen and oxygen atoms in total. The predicted molar refractivity (Wildman–Crippen MR) is 107 cm³/mol. The van der Waals surface area contributed by atoms with E-state index in [1.807, 2.05) is 6.92 Å². The Morgan fingerprint density at radius 1 is 1.11 bits per heavy atom. The third kappa shape index (κ3) is 4.51. The van der Waals surface area contributed by atoms with E-state index in [-0.39, 0.29) is 24.4 Å². The number of rotatable bonds is 6. The van der Waals surface area contributed by atoms with Crippen LogP contribution >= 0.6 is 11.3 Å². The Bertz CT molecular complexity index is 722. The summed E-state index contributed by atoms with van der Waals surface area (Å²) in [7, 11) is 0. The molecule has 7 heteroatoms. The number of thiophene rings is 1. The molecule has 1 fully saturated rings. The van der Waals surface area contributed by atoms with Crippen molar-refractivity contribution in [2.75, 3.05) is 11.9 Å². The van der Waals surface area contributed by atoms with Crippen molar-refractivity contribution in [3.63, 3.8) is 0 Å². The fraction of sp³-hybridized carbons (Fsp3) is 0.650. The smallest absolute Gasteiger partial charge is 0.251 e. The van der Waals surface area contributed by atoms with Crippen molar-refractivity contribution in [2.24, 2.45) is 5.73 Å². The van der Waals surface area contributed by atoms with Crippen LogP contribution in [0.2, 0.25) is 0 Å². The number of aryl methyl sites for hydroxylation is 1. The molecule has 1 aromatic rings. The van der Waals surface area contributed by atoms with Crippen molar-refractivity contribution in [1.29, 1.82) is 0 Å². The average Bonchev–Trinajstić information content (AvgIpc) is 3.04. The summed E-state index contributed by atoms with van der Waals surface area (Å²) >= 11 is 1.46. The van der Waals surface area contributed by atoms with Gasteiger partial charge in [0.25, 0.3) is 5.91 Å². The van der Waals surface area contributed by atoms with E-state index < -0.39 is 5.91 Å². The molecule has 1 aromatic heterocycles. The maximum absolute atomic E-state index is 12.7. The fourth-order valence-corrected chi connectivity index (χ4v) is 5.56. The van der Waals surface area contributed by atoms with E-state index in [2.05, 4.69) is 5.32 Å². The minimum atomic E-state index is -0.488. The number of hydrogen-bond acceptors (Lipinski definition) is 4. The van der Waals surface area contributed by atoms with E-state index >= 15 is 0 Å². The van der Waals surface area contributed by atoms with Crippen molar-refractivity contribution in [2.45, 2.75) is 77.2 Å². The van der Waals surface area contributed by atoms with Crippen molar-refractivity contribution < 1.29 is 14.4 Å². The number of amides is 3. The molecular weight excluding hydrogens is 362 g/mol. The summed E-state index contributed by atoms with van der Waals surface area (Å²) in [4.78, 5) is 40.0. The van der Waals surface area contributed by atoms with Crippen LogP contribution in [0.25, 0.3) is 0 Å². The van der Waals surface area contributed by atoms with Crippen LogP contribution < -0.4 is 11.1 Å². The van der Waals surface area contributed by atoms with Gasteiger partial charge >= 0.3 is 0 Å². The van der Waals surface area contributed by atoms with Gasteiger partial charge in [-0.15, -0.1) is 11.3 Å². The molecule has 0 atom stereocenters. The second kappa shape index (κ2) is 8.87. The molecule has 0 bridgehead atoms. The first-order chi connectivity index (χ1) is 13.0. The Kier molecular flexibility index (Phi) is 6.52. The van der Waals surface area contributed by atoms with E-state index in [0.29, 0.717) is 17.0 Å². The fourth-order valence-electron chi connectivity index (χ4n) is 4.25. The zero-order valence-electron chi connectivity index (χ0n) is 16.0. The Balaban J connectivity index is 1.75. The van der Waals surface area contributed by atoms with Gasteiger partial charge in [0.15, 0.2) is 0 Å². The molecule has 0 unspecified atom stereocenters. The van der Waals surface area contributed by atoms with Gasteiger partial charge in [-0.1, -0.05) is 26.2 Å². The third-order valence-electron chi connectivity index (χ3n) is 5.62. The van der Waals surface area contributed by atoms with Crippen LogP contribution in [-0.4, -0.2) is 35.2 Å². The molecular formula is C20H29N3O3S. The zero-order chi connectivity index (χ0) is 19.4. The van der Waals surface area contributed by atoms with Crippen LogP contribution in [0.1, 0.15) is 79.1 Å². The number of fused-ring (bicyclic) bond motifs is 1. The normalized spacial score (nSPS) is 17.2. The highest BCUT2D eigenvalue weighted by molar-refractivity contribution is 7.17. The quantitative estimate of drug-likeness (QED) is 0.780. The molecule has 0 spiro atoms. The zero-order valence-corrected chi connectivity index (χ0v) is 16.8. The largest absolute Gasteiger partial charge is 0.365 e. The molecule has 27 heavy (non-hydrogen) atoms. The number of primary amides is 1. The third-order valence-corrected chi connectivity index (χ3v) is 6.83. The van der Waals surface area contributed by atoms with Crippen LogP contribution in [0.15, 0.2) is 0 Å². The number of nitrogens with one attached hydrogen (secondary N) is 1. The second-order valence-corrected chi connectivity index (χ2v) is 8.60. The van der Waals surface area contributed by atoms with E-state index in [4.69, 9.17) is 5.73 Å². The first kappa shape index (κ1) is 19.9. The van der Waals surface area contributed by atoms with Gasteiger partial charge in [-0.3, -0.25) is 14.4 Å². The predicted octanol–water partition coefficient (Wildman–Crippen LogP) is 3.24. The van der Waals surface area contributed by atoms with E-state index in [9.17, 15) is 14.4 Å². The number of hydrogen-bond donors (Lipinski definition) is 2. The lowest BCUT2D eigenvalue weighted by molar-refractivity contribution is -0.137. The molecule has 0 radical (unpaired) electrons. The van der Waals surface area contributed by atoms with Gasteiger partial charge in [-0.05, 0) is 44.1 Å². The van der Waals surface area contributed by atoms with Crippen LogP contribution in [0.4, 0.5) is 5.00 Å². The highest BCUT2D eigenvalue weighted by atomic mass is 32.1. The summed E-state index contributed by atoms with van der Waals surface area (Å²) < 4.78 is 0. The molecule has 1 heterocycles. The Hall–Kier alpha value is -1.89. The highest BCUT2D eigenvalue weighted by Gasteiger charge is 2.28. The maximum Gasteiger partial charge on any atom is 0.251 e. The van der Waals surface area contributed by atoms with Crippen molar-refractivity contribution >= 4 is 34.1 Å². The summed E-state index contributed by atoms with van der Waals surface area (Å²) in [5.41, 5.74) is 7.07. The van der Waals surface area contributed by atoms with Gasteiger partial charge in [-0.2, -0.15) is 0 Å². The van der Waals surface area contributed by atoms with Gasteiger partial charge in [0.2, 0.25) is 11.8 Å². The summed E-state index contributed by atoms with van der Waals surface area (Å²) in [6.07, 6.45) is 9.60. The lowest BCUT2D eigenvalue weighted by Gasteiger charge is -2.33. The SMILES string of the molecule is CCC(=O)N(CC(=O)Nc1sc2c(c1C(N)=O)CCCC2)C1CCCCC1. The van der Waals surface area contributed by atoms with Crippen LogP contribution in [0, 0.1) is 0 Å². The molecule has 3 amide bonds.